The number of hydrogen-bond donors (Lipinski definition) is 10. The topological polar surface area (TPSA) is 366 Å². The lowest BCUT2D eigenvalue weighted by atomic mass is 9.95. The lowest BCUT2D eigenvalue weighted by molar-refractivity contribution is -0.870. The predicted molar refractivity (Wildman–Crippen MR) is 420 cm³/mol. The molecule has 10 N–H and O–H groups in total. The zero-order valence-corrected chi connectivity index (χ0v) is 66.3. The highest BCUT2D eigenvalue weighted by molar-refractivity contribution is 6.00. The van der Waals surface area contributed by atoms with Gasteiger partial charge in [0.15, 0.2) is 0 Å². The third-order valence-corrected chi connectivity index (χ3v) is 21.7. The summed E-state index contributed by atoms with van der Waals surface area (Å²) in [6, 6.07) is 14.1. The van der Waals surface area contributed by atoms with Gasteiger partial charge in [-0.15, -0.1) is 0 Å². The van der Waals surface area contributed by atoms with E-state index in [0.29, 0.717) is 96.9 Å². The summed E-state index contributed by atoms with van der Waals surface area (Å²) in [5, 5.41) is 37.2. The number of methoxy groups -OCH3 is 1. The molecule has 6 aliphatic heterocycles. The van der Waals surface area contributed by atoms with Gasteiger partial charge in [-0.1, -0.05) is 73.5 Å². The number of aliphatic hydroxyl groups is 1. The number of halogens is 1. The molecule has 4 aromatic carbocycles. The van der Waals surface area contributed by atoms with Crippen molar-refractivity contribution in [1.82, 2.24) is 67.1 Å². The number of aliphatic hydroxyl groups excluding tert-OH is 1. The van der Waals surface area contributed by atoms with E-state index in [4.69, 9.17) is 9.47 Å². The maximum Gasteiger partial charge on any atom is 0.246 e. The minimum Gasteiger partial charge on any atom is -0.497 e. The molecule has 7 heterocycles. The Labute approximate surface area is 660 Å². The number of fused-ring (bicyclic) bond motifs is 16. The van der Waals surface area contributed by atoms with Crippen molar-refractivity contribution in [2.45, 2.75) is 210 Å². The van der Waals surface area contributed by atoms with Gasteiger partial charge in [0.1, 0.15) is 66.0 Å². The van der Waals surface area contributed by atoms with Gasteiger partial charge in [-0.05, 0) is 142 Å². The number of aryl methyl sites for hydroxylation is 1. The number of nitrogens with one attached hydrogen (secondary N) is 9. The van der Waals surface area contributed by atoms with Crippen LogP contribution < -0.4 is 52.6 Å². The zero-order chi connectivity index (χ0) is 80.4. The molecule has 0 saturated carbocycles. The van der Waals surface area contributed by atoms with Gasteiger partial charge in [0, 0.05) is 108 Å². The summed E-state index contributed by atoms with van der Waals surface area (Å²) in [5.74, 6) is -8.99. The summed E-state index contributed by atoms with van der Waals surface area (Å²) in [6.45, 7) is 4.88. The summed E-state index contributed by atoms with van der Waals surface area (Å²) in [7, 11) is 7.69. The van der Waals surface area contributed by atoms with Gasteiger partial charge in [-0.25, -0.2) is 4.39 Å². The van der Waals surface area contributed by atoms with Crippen LogP contribution in [0.3, 0.4) is 0 Å². The minimum atomic E-state index is -1.85. The molecule has 0 spiro atoms. The number of rotatable bonds is 12. The summed E-state index contributed by atoms with van der Waals surface area (Å²) >= 11 is 0. The Balaban J connectivity index is 0.0000146. The number of carbonyl (C=O) groups is 12. The van der Waals surface area contributed by atoms with Gasteiger partial charge in [0.2, 0.25) is 70.9 Å². The van der Waals surface area contributed by atoms with Crippen molar-refractivity contribution in [2.75, 3.05) is 74.1 Å². The van der Waals surface area contributed by atoms with Crippen LogP contribution in [0.5, 0.6) is 5.75 Å². The van der Waals surface area contributed by atoms with E-state index in [1.807, 2.05) is 28.8 Å². The van der Waals surface area contributed by atoms with Gasteiger partial charge in [0.05, 0.1) is 47.0 Å². The number of amides is 12. The van der Waals surface area contributed by atoms with Crippen molar-refractivity contribution < 1.29 is 81.0 Å². The molecule has 6 aliphatic rings. The van der Waals surface area contributed by atoms with Crippen molar-refractivity contribution in [3.8, 4) is 5.75 Å². The zero-order valence-electron chi connectivity index (χ0n) is 66.3. The molecular weight excluding hydrogens is 1450 g/mol. The van der Waals surface area contributed by atoms with Gasteiger partial charge in [-0.3, -0.25) is 57.5 Å². The Morgan fingerprint density at radius 1 is 0.690 bits per heavy atom. The SMILES string of the molecule is COc1ccc(C[C@@H]2NC(=O)[C@H]([C@@H](C)O)NC(=O)[C@@H]3[C@@H]4CCN3C(=O)[C@@H]3Cc5cn(c6ccc(F)cc56)CCCCCCN(Cc5ccc(cc5)CCNC(=O)[C@]5(C)CCCN5C2=O)C(=O)CCC(=O)N[C@@H](C)C(=O)N[C@H](CNC(=O)CCCCC[N+](C)(C)C)C(=O)N[C@@H](Cc2cccc(c2)CNC(=O)CO4)C(=O)N3)cc1.[CH3-]. The maximum atomic E-state index is 16.2. The van der Waals surface area contributed by atoms with E-state index < -0.39 is 144 Å². The molecule has 10 atom stereocenters. The van der Waals surface area contributed by atoms with Crippen LogP contribution in [0.1, 0.15) is 138 Å². The number of quaternary nitrogens is 1. The number of unbranched alkanes of at least 4 members (excludes halogenated alkanes) is 2. The quantitative estimate of drug-likeness (QED) is 0.0488. The highest BCUT2D eigenvalue weighted by Gasteiger charge is 2.50. The molecule has 30 heteroatoms. The molecular formula is C83H113FN14O15. The van der Waals surface area contributed by atoms with Gasteiger partial charge < -0.3 is 93.6 Å². The molecule has 29 nitrogen and oxygen atoms in total. The monoisotopic (exact) mass is 1560 g/mol. The molecule has 5 aromatic rings. The largest absolute Gasteiger partial charge is 0.497 e. The van der Waals surface area contributed by atoms with Crippen molar-refractivity contribution in [3.63, 3.8) is 0 Å². The second-order valence-electron chi connectivity index (χ2n) is 31.5. The smallest absolute Gasteiger partial charge is 0.246 e. The molecule has 2 saturated heterocycles. The minimum absolute atomic E-state index is 0. The number of carbonyl (C=O) groups excluding carboxylic acids is 12. The molecule has 0 radical (unpaired) electrons. The molecule has 0 aliphatic carbocycles. The average Bonchev–Trinajstić information content (AvgIpc) is 1.65. The standard InChI is InChI=1S/C82H109FN14O15.CH3/c1-51-74(103)91-65(47-86-68(99)19-11-10-14-40-97(4,5)6)76(105)88-62-43-56-17-15-18-57(41-56)46-85-70(101)50-112-67-33-39-95-73(67)78(107)92-72(52(2)98)77(106)90-63(42-54-24-27-60(111-7)28-25-54)80(109)96-38-16-34-82(96,3)81(110)84-35-32-53-20-22-55(23-21-53)48-94(71(102)31-30-69(100)87-51)37-13-9-8-12-36-93-49-58(44-64(79(95)108)89-75(62)104)61-45-59(83)26-29-66(61)93;/h15,17-18,20-29,41,45,49,51-52,62-65,67,72-73,98H,8-14,16,19,30-40,42-44,46-48,50H2,1-7H3,(H8-,84,85,86,87,88,89,90,91,92,99,100,101,103,104,105,106,107,110);1H3/q;-1/p+1/t51-,52+,62-,63-,64-,65+,67-,72-,73-,82-;/m0./s1. The normalized spacial score (nSPS) is 24.7. The van der Waals surface area contributed by atoms with Crippen LogP contribution in [0, 0.1) is 13.2 Å². The van der Waals surface area contributed by atoms with Gasteiger partial charge in [-0.2, -0.15) is 0 Å². The Hall–Kier alpha value is -10.3. The van der Waals surface area contributed by atoms with Crippen LogP contribution in [0.2, 0.25) is 0 Å². The third kappa shape index (κ3) is 23.6. The predicted octanol–water partition coefficient (Wildman–Crippen LogP) is 3.01. The molecule has 12 amide bonds. The van der Waals surface area contributed by atoms with E-state index in [9.17, 15) is 33.9 Å². The molecule has 2 fully saturated rings. The van der Waals surface area contributed by atoms with Gasteiger partial charge in [0.25, 0.3) is 0 Å². The number of benzene rings is 4. The first kappa shape index (κ1) is 86.7. The van der Waals surface area contributed by atoms with E-state index >= 15 is 33.2 Å². The Morgan fingerprint density at radius 2 is 1.41 bits per heavy atom. The fourth-order valence-corrected chi connectivity index (χ4v) is 15.3. The Morgan fingerprint density at radius 3 is 2.14 bits per heavy atom. The number of nitrogens with zero attached hydrogens (tertiary/aromatic N) is 5. The van der Waals surface area contributed by atoms with Crippen LogP contribution in [0.4, 0.5) is 4.39 Å². The number of ether oxygens (including phenoxy) is 2. The second-order valence-corrected chi connectivity index (χ2v) is 31.5. The maximum absolute atomic E-state index is 16.2. The van der Waals surface area contributed by atoms with E-state index in [-0.39, 0.29) is 97.4 Å². The van der Waals surface area contributed by atoms with Crippen LogP contribution >= 0.6 is 0 Å². The van der Waals surface area contributed by atoms with E-state index in [1.165, 1.54) is 38.0 Å². The van der Waals surface area contributed by atoms with E-state index in [1.54, 1.807) is 72.6 Å². The molecule has 12 bridgehead atoms. The molecule has 1 aromatic heterocycles. The van der Waals surface area contributed by atoms with E-state index in [0.717, 1.165) is 39.9 Å². The van der Waals surface area contributed by atoms with E-state index in [2.05, 4.69) is 69.0 Å². The fourth-order valence-electron chi connectivity index (χ4n) is 15.3. The molecule has 11 rings (SSSR count). The lowest BCUT2D eigenvalue weighted by Crippen LogP contribution is -2.64. The number of hydrogen-bond acceptors (Lipinski definition) is 15. The lowest BCUT2D eigenvalue weighted by Gasteiger charge is -2.37. The molecule has 113 heavy (non-hydrogen) atoms. The first-order chi connectivity index (χ1) is 53.5. The highest BCUT2D eigenvalue weighted by atomic mass is 19.1. The van der Waals surface area contributed by atoms with Crippen molar-refractivity contribution in [2.24, 2.45) is 0 Å². The number of aromatic nitrogens is 1. The summed E-state index contributed by atoms with van der Waals surface area (Å²) < 4.78 is 30.2. The van der Waals surface area contributed by atoms with Crippen molar-refractivity contribution in [3.05, 3.63) is 144 Å². The van der Waals surface area contributed by atoms with Crippen molar-refractivity contribution >= 4 is 81.8 Å². The van der Waals surface area contributed by atoms with Crippen LogP contribution in [0.15, 0.2) is 97.2 Å². The van der Waals surface area contributed by atoms with Crippen molar-refractivity contribution in [1.29, 1.82) is 0 Å². The van der Waals surface area contributed by atoms with Crippen LogP contribution in [-0.4, -0.2) is 234 Å². The first-order valence-electron chi connectivity index (χ1n) is 39.2. The summed E-state index contributed by atoms with van der Waals surface area (Å²) in [5.41, 5.74) is 2.77. The molecule has 0 unspecified atom stereocenters. The Bertz CT molecular complexity index is 4220. The summed E-state index contributed by atoms with van der Waals surface area (Å²) in [6.07, 6.45) is 3.06. The second kappa shape index (κ2) is 39.9. The molecule has 612 valence electrons. The van der Waals surface area contributed by atoms with Gasteiger partial charge >= 0.3 is 0 Å². The Kier molecular flexibility index (Phi) is 30.6. The average molecular weight is 1570 g/mol. The summed E-state index contributed by atoms with van der Waals surface area (Å²) in [4.78, 5) is 183. The fraction of sp³-hybridized carbons (Fsp3) is 0.530. The first-order valence-corrected chi connectivity index (χ1v) is 39.2. The van der Waals surface area contributed by atoms with Crippen LogP contribution in [-0.2, 0) is 108 Å². The van der Waals surface area contributed by atoms with Crippen LogP contribution in [0.25, 0.3) is 10.9 Å². The third-order valence-electron chi connectivity index (χ3n) is 21.7. The highest BCUT2D eigenvalue weighted by Crippen LogP contribution is 2.32.